The van der Waals surface area contributed by atoms with Crippen LogP contribution in [-0.4, -0.2) is 37.2 Å². The molecule has 0 saturated carbocycles. The van der Waals surface area contributed by atoms with Gasteiger partial charge in [0.1, 0.15) is 13.2 Å². The largest absolute Gasteiger partial charge is 0.462 e. The standard InChI is InChI=1S/C66H122O6/c1-4-7-10-13-16-19-22-25-27-29-30-31-32-33-34-35-36-38-39-41-44-47-50-53-56-59-65(68)71-62-63(61-70-64(67)58-55-52-49-46-43-24-21-18-15-12-9-6-3)72-66(69)60-57-54-51-48-45-42-40-37-28-26-23-20-17-14-11-8-5-2/h18,21-22,25,29-30,63H,4-17,19-20,23-24,26-28,31-62H2,1-3H3/b21-18-,25-22-,30-29-. The first kappa shape index (κ1) is 69.6. The summed E-state index contributed by atoms with van der Waals surface area (Å²) in [6.45, 7) is 6.65. The van der Waals surface area contributed by atoms with E-state index in [1.807, 2.05) is 0 Å². The van der Waals surface area contributed by atoms with Crippen LogP contribution in [0.3, 0.4) is 0 Å². The molecule has 0 amide bonds. The fourth-order valence-electron chi connectivity index (χ4n) is 9.53. The maximum atomic E-state index is 12.9. The van der Waals surface area contributed by atoms with Gasteiger partial charge in [-0.3, -0.25) is 14.4 Å². The molecule has 0 aromatic heterocycles. The zero-order chi connectivity index (χ0) is 52.2. The Bertz CT molecular complexity index is 1210. The summed E-state index contributed by atoms with van der Waals surface area (Å²) in [4.78, 5) is 38.2. The van der Waals surface area contributed by atoms with E-state index in [9.17, 15) is 14.4 Å². The maximum absolute atomic E-state index is 12.9. The summed E-state index contributed by atoms with van der Waals surface area (Å²) in [5, 5.41) is 0. The van der Waals surface area contributed by atoms with Crippen LogP contribution in [0, 0.1) is 0 Å². The summed E-state index contributed by atoms with van der Waals surface area (Å²) in [6, 6.07) is 0. The smallest absolute Gasteiger partial charge is 0.306 e. The normalized spacial score (nSPS) is 12.2. The van der Waals surface area contributed by atoms with Crippen molar-refractivity contribution in [3.8, 4) is 0 Å². The lowest BCUT2D eigenvalue weighted by Crippen LogP contribution is -2.30. The maximum Gasteiger partial charge on any atom is 0.306 e. The van der Waals surface area contributed by atoms with Gasteiger partial charge in [-0.1, -0.05) is 288 Å². The average molecular weight is 1010 g/mol. The van der Waals surface area contributed by atoms with Crippen LogP contribution in [0.5, 0.6) is 0 Å². The van der Waals surface area contributed by atoms with Crippen molar-refractivity contribution in [1.82, 2.24) is 0 Å². The quantitative estimate of drug-likeness (QED) is 0.0261. The van der Waals surface area contributed by atoms with E-state index in [2.05, 4.69) is 57.2 Å². The van der Waals surface area contributed by atoms with E-state index in [0.717, 1.165) is 70.6 Å². The van der Waals surface area contributed by atoms with Crippen molar-refractivity contribution in [3.63, 3.8) is 0 Å². The molecule has 0 rings (SSSR count). The highest BCUT2D eigenvalue weighted by Crippen LogP contribution is 2.17. The molecule has 0 saturated heterocycles. The first-order valence-electron chi connectivity index (χ1n) is 32.0. The van der Waals surface area contributed by atoms with E-state index in [4.69, 9.17) is 14.2 Å². The molecule has 0 spiro atoms. The van der Waals surface area contributed by atoms with E-state index < -0.39 is 6.10 Å². The summed E-state index contributed by atoms with van der Waals surface area (Å²) in [5.74, 6) is -0.858. The molecule has 0 bridgehead atoms. The molecule has 0 aromatic carbocycles. The van der Waals surface area contributed by atoms with Crippen LogP contribution in [0.4, 0.5) is 0 Å². The van der Waals surface area contributed by atoms with Gasteiger partial charge in [0.15, 0.2) is 6.10 Å². The van der Waals surface area contributed by atoms with E-state index >= 15 is 0 Å². The van der Waals surface area contributed by atoms with Gasteiger partial charge in [0.05, 0.1) is 0 Å². The minimum absolute atomic E-state index is 0.0707. The van der Waals surface area contributed by atoms with E-state index in [1.54, 1.807) is 0 Å². The fraction of sp³-hybridized carbons (Fsp3) is 0.864. The molecule has 0 aromatic rings. The van der Waals surface area contributed by atoms with Crippen LogP contribution in [0.25, 0.3) is 0 Å². The molecule has 72 heavy (non-hydrogen) atoms. The molecule has 0 radical (unpaired) electrons. The lowest BCUT2D eigenvalue weighted by atomic mass is 10.0. The molecular formula is C66H122O6. The number of allylic oxidation sites excluding steroid dienone is 6. The van der Waals surface area contributed by atoms with Crippen LogP contribution in [-0.2, 0) is 28.6 Å². The molecule has 6 nitrogen and oxygen atoms in total. The molecule has 0 N–H and O–H groups in total. The highest BCUT2D eigenvalue weighted by molar-refractivity contribution is 5.71. The third kappa shape index (κ3) is 58.5. The van der Waals surface area contributed by atoms with Crippen LogP contribution in [0.15, 0.2) is 36.5 Å². The molecule has 0 aliphatic rings. The number of unbranched alkanes of at least 4 members (excludes halogenated alkanes) is 42. The minimum Gasteiger partial charge on any atom is -0.462 e. The highest BCUT2D eigenvalue weighted by Gasteiger charge is 2.19. The van der Waals surface area contributed by atoms with Crippen LogP contribution in [0.1, 0.15) is 348 Å². The SMILES string of the molecule is CCCCC/C=C\CCCCCCCC(=O)OCC(COC(=O)CCCCCCCCCCCCCCC/C=C\C/C=C\CCCCCCC)OC(=O)CCCCCCCCCCCCCCCCCCC. The second kappa shape index (κ2) is 61.2. The van der Waals surface area contributed by atoms with Gasteiger partial charge < -0.3 is 14.2 Å². The molecule has 1 unspecified atom stereocenters. The number of ether oxygens (including phenoxy) is 3. The van der Waals surface area contributed by atoms with Crippen LogP contribution in [0.2, 0.25) is 0 Å². The molecule has 422 valence electrons. The number of carbonyl (C=O) groups is 3. The van der Waals surface area contributed by atoms with E-state index in [0.29, 0.717) is 19.3 Å². The summed E-state index contributed by atoms with van der Waals surface area (Å²) in [6.07, 6.45) is 74.4. The molecule has 0 aliphatic carbocycles. The first-order chi connectivity index (χ1) is 35.5. The number of esters is 3. The van der Waals surface area contributed by atoms with Gasteiger partial charge in [-0.25, -0.2) is 0 Å². The highest BCUT2D eigenvalue weighted by atomic mass is 16.6. The van der Waals surface area contributed by atoms with Gasteiger partial charge in [0.25, 0.3) is 0 Å². The summed E-state index contributed by atoms with van der Waals surface area (Å²) in [5.41, 5.74) is 0. The number of hydrogen-bond donors (Lipinski definition) is 0. The number of rotatable bonds is 59. The van der Waals surface area contributed by atoms with Crippen molar-refractivity contribution in [1.29, 1.82) is 0 Å². The van der Waals surface area contributed by atoms with Gasteiger partial charge >= 0.3 is 17.9 Å². The summed E-state index contributed by atoms with van der Waals surface area (Å²) < 4.78 is 16.9. The number of hydrogen-bond acceptors (Lipinski definition) is 6. The molecule has 6 heteroatoms. The van der Waals surface area contributed by atoms with Crippen molar-refractivity contribution in [2.24, 2.45) is 0 Å². The molecular weight excluding hydrogens is 889 g/mol. The molecule has 0 aliphatic heterocycles. The third-order valence-corrected chi connectivity index (χ3v) is 14.4. The zero-order valence-electron chi connectivity index (χ0n) is 48.5. The van der Waals surface area contributed by atoms with Crippen molar-refractivity contribution in [2.75, 3.05) is 13.2 Å². The molecule has 0 fully saturated rings. The molecule has 1 atom stereocenters. The Labute approximate surface area is 448 Å². The predicted molar refractivity (Wildman–Crippen MR) is 312 cm³/mol. The molecule has 0 heterocycles. The first-order valence-corrected chi connectivity index (χ1v) is 32.0. The third-order valence-electron chi connectivity index (χ3n) is 14.4. The van der Waals surface area contributed by atoms with Gasteiger partial charge in [-0.05, 0) is 77.0 Å². The van der Waals surface area contributed by atoms with Crippen LogP contribution >= 0.6 is 0 Å². The van der Waals surface area contributed by atoms with E-state index in [-0.39, 0.29) is 31.1 Å². The van der Waals surface area contributed by atoms with Gasteiger partial charge in [0, 0.05) is 19.3 Å². The Kier molecular flexibility index (Phi) is 59.2. The Balaban J connectivity index is 4.23. The van der Waals surface area contributed by atoms with Crippen molar-refractivity contribution >= 4 is 17.9 Å². The topological polar surface area (TPSA) is 78.9 Å². The number of carbonyl (C=O) groups excluding carboxylic acids is 3. The predicted octanol–water partition coefficient (Wildman–Crippen LogP) is 21.6. The Morgan fingerprint density at radius 3 is 0.806 bits per heavy atom. The summed E-state index contributed by atoms with van der Waals surface area (Å²) >= 11 is 0. The minimum atomic E-state index is -0.772. The lowest BCUT2D eigenvalue weighted by Gasteiger charge is -2.18. The van der Waals surface area contributed by atoms with Crippen LogP contribution < -0.4 is 0 Å². The van der Waals surface area contributed by atoms with Gasteiger partial charge in [-0.2, -0.15) is 0 Å². The monoisotopic (exact) mass is 1010 g/mol. The Hall–Kier alpha value is -2.37. The Morgan fingerprint density at radius 2 is 0.500 bits per heavy atom. The average Bonchev–Trinajstić information content (AvgIpc) is 3.38. The second-order valence-electron chi connectivity index (χ2n) is 21.7. The van der Waals surface area contributed by atoms with E-state index in [1.165, 1.54) is 238 Å². The van der Waals surface area contributed by atoms with Crippen molar-refractivity contribution < 1.29 is 28.6 Å². The van der Waals surface area contributed by atoms with Crippen molar-refractivity contribution in [3.05, 3.63) is 36.5 Å². The lowest BCUT2D eigenvalue weighted by molar-refractivity contribution is -0.167. The van der Waals surface area contributed by atoms with Crippen molar-refractivity contribution in [2.45, 2.75) is 354 Å². The summed E-state index contributed by atoms with van der Waals surface area (Å²) in [7, 11) is 0. The van der Waals surface area contributed by atoms with Gasteiger partial charge in [0.2, 0.25) is 0 Å². The Morgan fingerprint density at radius 1 is 0.278 bits per heavy atom. The second-order valence-corrected chi connectivity index (χ2v) is 21.7. The van der Waals surface area contributed by atoms with Gasteiger partial charge in [-0.15, -0.1) is 0 Å². The fourth-order valence-corrected chi connectivity index (χ4v) is 9.53. The zero-order valence-corrected chi connectivity index (χ0v) is 48.5.